The molecule has 0 aliphatic rings. The number of rotatable bonds is 6. The largest absolute Gasteiger partial charge is 0.309 e. The van der Waals surface area contributed by atoms with Crippen LogP contribution in [0.5, 0.6) is 0 Å². The highest BCUT2D eigenvalue weighted by Crippen LogP contribution is 2.28. The van der Waals surface area contributed by atoms with Crippen molar-refractivity contribution < 1.29 is 4.39 Å². The summed E-state index contributed by atoms with van der Waals surface area (Å²) in [7, 11) is 0. The van der Waals surface area contributed by atoms with Crippen molar-refractivity contribution in [2.45, 2.75) is 31.7 Å². The van der Waals surface area contributed by atoms with Crippen LogP contribution in [0.3, 0.4) is 0 Å². The van der Waals surface area contributed by atoms with Crippen molar-refractivity contribution >= 4 is 11.8 Å². The standard InChI is InChI=1S/C18H22FNS/c1-4-20-17(15-11-13(2)9-10-14(15)3)12-21-18-8-6-5-7-16(18)19/h5-11,17,20H,4,12H2,1-3H3. The molecule has 0 aliphatic carbocycles. The van der Waals surface area contributed by atoms with Crippen LogP contribution < -0.4 is 5.32 Å². The molecule has 1 N–H and O–H groups in total. The number of hydrogen-bond acceptors (Lipinski definition) is 2. The lowest BCUT2D eigenvalue weighted by Gasteiger charge is -2.21. The van der Waals surface area contributed by atoms with E-state index >= 15 is 0 Å². The summed E-state index contributed by atoms with van der Waals surface area (Å²) >= 11 is 1.57. The second-order valence-corrected chi connectivity index (χ2v) is 6.27. The Balaban J connectivity index is 2.16. The fourth-order valence-electron chi connectivity index (χ4n) is 2.38. The minimum Gasteiger partial charge on any atom is -0.309 e. The van der Waals surface area contributed by atoms with Gasteiger partial charge in [-0.15, -0.1) is 11.8 Å². The van der Waals surface area contributed by atoms with Gasteiger partial charge >= 0.3 is 0 Å². The molecule has 0 aliphatic heterocycles. The zero-order valence-electron chi connectivity index (χ0n) is 12.8. The third-order valence-electron chi connectivity index (χ3n) is 3.50. The van der Waals surface area contributed by atoms with Gasteiger partial charge in [-0.1, -0.05) is 42.8 Å². The molecule has 1 nitrogen and oxygen atoms in total. The molecule has 0 fully saturated rings. The van der Waals surface area contributed by atoms with E-state index in [0.717, 1.165) is 12.3 Å². The molecule has 112 valence electrons. The minimum absolute atomic E-state index is 0.140. The summed E-state index contributed by atoms with van der Waals surface area (Å²) in [5.41, 5.74) is 3.84. The highest BCUT2D eigenvalue weighted by molar-refractivity contribution is 7.99. The molecule has 0 heterocycles. The van der Waals surface area contributed by atoms with Crippen molar-refractivity contribution in [1.29, 1.82) is 0 Å². The fraction of sp³-hybridized carbons (Fsp3) is 0.333. The summed E-state index contributed by atoms with van der Waals surface area (Å²) in [6, 6.07) is 13.7. The SMILES string of the molecule is CCNC(CSc1ccccc1F)c1cc(C)ccc1C. The van der Waals surface area contributed by atoms with Gasteiger partial charge in [0, 0.05) is 16.7 Å². The maximum atomic E-state index is 13.7. The topological polar surface area (TPSA) is 12.0 Å². The molecule has 0 amide bonds. The molecule has 3 heteroatoms. The van der Waals surface area contributed by atoms with E-state index in [1.165, 1.54) is 22.8 Å². The van der Waals surface area contributed by atoms with Crippen LogP contribution in [0.25, 0.3) is 0 Å². The first kappa shape index (κ1) is 16.1. The van der Waals surface area contributed by atoms with Gasteiger partial charge in [0.05, 0.1) is 0 Å². The van der Waals surface area contributed by atoms with E-state index in [-0.39, 0.29) is 11.9 Å². The number of nitrogens with one attached hydrogen (secondary N) is 1. The Kier molecular flexibility index (Phi) is 5.83. The molecule has 2 aromatic carbocycles. The van der Waals surface area contributed by atoms with Crippen LogP contribution in [0.2, 0.25) is 0 Å². The highest BCUT2D eigenvalue weighted by Gasteiger charge is 2.14. The zero-order valence-corrected chi connectivity index (χ0v) is 13.6. The van der Waals surface area contributed by atoms with E-state index in [2.05, 4.69) is 44.3 Å². The van der Waals surface area contributed by atoms with E-state index in [1.807, 2.05) is 12.1 Å². The normalized spacial score (nSPS) is 12.4. The van der Waals surface area contributed by atoms with E-state index in [0.29, 0.717) is 4.90 Å². The maximum absolute atomic E-state index is 13.7. The molecular formula is C18H22FNS. The third kappa shape index (κ3) is 4.32. The van der Waals surface area contributed by atoms with Gasteiger partial charge in [-0.25, -0.2) is 4.39 Å². The lowest BCUT2D eigenvalue weighted by molar-refractivity contribution is 0.594. The van der Waals surface area contributed by atoms with E-state index in [1.54, 1.807) is 17.8 Å². The molecular weight excluding hydrogens is 281 g/mol. The summed E-state index contributed by atoms with van der Waals surface area (Å²) in [4.78, 5) is 0.714. The summed E-state index contributed by atoms with van der Waals surface area (Å²) in [5, 5.41) is 3.51. The van der Waals surface area contributed by atoms with Crippen LogP contribution in [0.4, 0.5) is 4.39 Å². The molecule has 0 spiro atoms. The molecule has 1 atom stereocenters. The van der Waals surface area contributed by atoms with Gasteiger partial charge in [0.2, 0.25) is 0 Å². The molecule has 2 rings (SSSR count). The Labute approximate surface area is 131 Å². The van der Waals surface area contributed by atoms with Crippen LogP contribution in [-0.2, 0) is 0 Å². The van der Waals surface area contributed by atoms with Gasteiger partial charge in [0.15, 0.2) is 0 Å². The quantitative estimate of drug-likeness (QED) is 0.763. The van der Waals surface area contributed by atoms with Crippen molar-refractivity contribution in [1.82, 2.24) is 5.32 Å². The lowest BCUT2D eigenvalue weighted by Crippen LogP contribution is -2.23. The van der Waals surface area contributed by atoms with Gasteiger partial charge in [0.25, 0.3) is 0 Å². The van der Waals surface area contributed by atoms with Crippen molar-refractivity contribution in [2.75, 3.05) is 12.3 Å². The molecule has 0 bridgehead atoms. The summed E-state index contributed by atoms with van der Waals surface area (Å²) in [6.45, 7) is 7.24. The van der Waals surface area contributed by atoms with Gasteiger partial charge in [0.1, 0.15) is 5.82 Å². The number of halogens is 1. The smallest absolute Gasteiger partial charge is 0.136 e. The second kappa shape index (κ2) is 7.62. The number of thioether (sulfide) groups is 1. The molecule has 0 saturated carbocycles. The van der Waals surface area contributed by atoms with Crippen molar-refractivity contribution in [3.05, 3.63) is 65.0 Å². The van der Waals surface area contributed by atoms with Crippen molar-refractivity contribution in [3.63, 3.8) is 0 Å². The first-order chi connectivity index (χ1) is 10.1. The zero-order chi connectivity index (χ0) is 15.2. The Hall–Kier alpha value is -1.32. The lowest BCUT2D eigenvalue weighted by atomic mass is 10.00. The average molecular weight is 303 g/mol. The molecule has 0 saturated heterocycles. The summed E-state index contributed by atoms with van der Waals surface area (Å²) in [5.74, 6) is 0.678. The van der Waals surface area contributed by atoms with Crippen molar-refractivity contribution in [2.24, 2.45) is 0 Å². The average Bonchev–Trinajstić information content (AvgIpc) is 2.48. The molecule has 21 heavy (non-hydrogen) atoms. The summed E-state index contributed by atoms with van der Waals surface area (Å²) < 4.78 is 13.7. The van der Waals surface area contributed by atoms with Crippen LogP contribution in [0, 0.1) is 19.7 Å². The molecule has 0 radical (unpaired) electrons. The molecule has 0 aromatic heterocycles. The Morgan fingerprint density at radius 1 is 1.14 bits per heavy atom. The monoisotopic (exact) mass is 303 g/mol. The fourth-order valence-corrected chi connectivity index (χ4v) is 3.40. The molecule has 1 unspecified atom stereocenters. The van der Waals surface area contributed by atoms with Gasteiger partial charge in [-0.2, -0.15) is 0 Å². The summed E-state index contributed by atoms with van der Waals surface area (Å²) in [6.07, 6.45) is 0. The highest BCUT2D eigenvalue weighted by atomic mass is 32.2. The van der Waals surface area contributed by atoms with Crippen LogP contribution in [0.1, 0.15) is 29.7 Å². The predicted molar refractivity (Wildman–Crippen MR) is 89.5 cm³/mol. The number of benzene rings is 2. The van der Waals surface area contributed by atoms with Crippen LogP contribution in [0.15, 0.2) is 47.4 Å². The van der Waals surface area contributed by atoms with Crippen molar-refractivity contribution in [3.8, 4) is 0 Å². The Bertz CT molecular complexity index is 598. The number of hydrogen-bond donors (Lipinski definition) is 1. The Morgan fingerprint density at radius 2 is 1.90 bits per heavy atom. The Morgan fingerprint density at radius 3 is 2.62 bits per heavy atom. The third-order valence-corrected chi connectivity index (χ3v) is 4.64. The maximum Gasteiger partial charge on any atom is 0.136 e. The van der Waals surface area contributed by atoms with Gasteiger partial charge < -0.3 is 5.32 Å². The predicted octanol–water partition coefficient (Wildman–Crippen LogP) is 4.89. The second-order valence-electron chi connectivity index (χ2n) is 5.21. The van der Waals surface area contributed by atoms with Gasteiger partial charge in [-0.3, -0.25) is 0 Å². The van der Waals surface area contributed by atoms with E-state index in [4.69, 9.17) is 0 Å². The molecule has 2 aromatic rings. The first-order valence-electron chi connectivity index (χ1n) is 7.29. The van der Waals surface area contributed by atoms with E-state index in [9.17, 15) is 4.39 Å². The van der Waals surface area contributed by atoms with Crippen LogP contribution in [-0.4, -0.2) is 12.3 Å². The first-order valence-corrected chi connectivity index (χ1v) is 8.28. The van der Waals surface area contributed by atoms with E-state index < -0.39 is 0 Å². The minimum atomic E-state index is -0.140. The van der Waals surface area contributed by atoms with Gasteiger partial charge in [-0.05, 0) is 43.7 Å². The van der Waals surface area contributed by atoms with Crippen LogP contribution >= 0.6 is 11.8 Å². The number of aryl methyl sites for hydroxylation is 2.